The van der Waals surface area contributed by atoms with Crippen molar-refractivity contribution in [1.29, 1.82) is 0 Å². The molecule has 1 aromatic heterocycles. The van der Waals surface area contributed by atoms with Crippen molar-refractivity contribution in [3.05, 3.63) is 16.1 Å². The van der Waals surface area contributed by atoms with Crippen LogP contribution in [0.3, 0.4) is 0 Å². The van der Waals surface area contributed by atoms with Crippen LogP contribution in [-0.4, -0.2) is 59.6 Å². The molecule has 0 N–H and O–H groups in total. The van der Waals surface area contributed by atoms with Gasteiger partial charge in [-0.25, -0.2) is 4.98 Å². The first-order chi connectivity index (χ1) is 10.8. The third kappa shape index (κ3) is 3.86. The van der Waals surface area contributed by atoms with E-state index in [0.717, 1.165) is 65.0 Å². The topological polar surface area (TPSA) is 45.7 Å². The van der Waals surface area contributed by atoms with E-state index in [1.165, 1.54) is 10.7 Å². The number of thiazole rings is 1. The Labute approximate surface area is 136 Å². The average Bonchev–Trinajstić information content (AvgIpc) is 3.20. The van der Waals surface area contributed by atoms with Gasteiger partial charge in [0.2, 0.25) is 0 Å². The lowest BCUT2D eigenvalue weighted by Gasteiger charge is -2.35. The van der Waals surface area contributed by atoms with Gasteiger partial charge in [0.25, 0.3) is 5.91 Å². The van der Waals surface area contributed by atoms with Gasteiger partial charge in [-0.1, -0.05) is 6.92 Å². The fourth-order valence-electron chi connectivity index (χ4n) is 3.08. The minimum Gasteiger partial charge on any atom is -0.368 e. The zero-order chi connectivity index (χ0) is 15.4. The van der Waals surface area contributed by atoms with Crippen LogP contribution in [0.2, 0.25) is 0 Å². The Bertz CT molecular complexity index is 491. The zero-order valence-corrected chi connectivity index (χ0v) is 14.1. The number of amides is 1. The number of ether oxygens (including phenoxy) is 1. The van der Waals surface area contributed by atoms with Crippen molar-refractivity contribution in [2.45, 2.75) is 45.3 Å². The number of piperazine rings is 1. The summed E-state index contributed by atoms with van der Waals surface area (Å²) in [5.74, 6) is 0.191. The summed E-state index contributed by atoms with van der Waals surface area (Å²) in [6.07, 6.45) is 3.95. The van der Waals surface area contributed by atoms with Gasteiger partial charge < -0.3 is 9.64 Å². The number of carbonyl (C=O) groups is 1. The van der Waals surface area contributed by atoms with Crippen molar-refractivity contribution in [1.82, 2.24) is 14.8 Å². The second-order valence-corrected chi connectivity index (χ2v) is 7.03. The molecule has 6 heteroatoms. The molecular formula is C16H25N3O2S. The number of nitrogens with zero attached hydrogens (tertiary/aromatic N) is 3. The molecule has 2 saturated heterocycles. The molecule has 5 nitrogen and oxygen atoms in total. The molecule has 2 aliphatic rings. The van der Waals surface area contributed by atoms with E-state index >= 15 is 0 Å². The van der Waals surface area contributed by atoms with Crippen LogP contribution in [0.15, 0.2) is 5.38 Å². The van der Waals surface area contributed by atoms with Crippen LogP contribution in [0.1, 0.15) is 36.9 Å². The summed E-state index contributed by atoms with van der Waals surface area (Å²) < 4.78 is 5.50. The van der Waals surface area contributed by atoms with E-state index in [1.54, 1.807) is 11.3 Å². The molecule has 0 aliphatic carbocycles. The maximum absolute atomic E-state index is 12.3. The predicted octanol–water partition coefficient (Wildman–Crippen LogP) is 1.92. The maximum atomic E-state index is 12.3. The predicted molar refractivity (Wildman–Crippen MR) is 86.9 cm³/mol. The molecule has 2 aliphatic heterocycles. The van der Waals surface area contributed by atoms with Crippen LogP contribution in [0, 0.1) is 0 Å². The number of aryl methyl sites for hydroxylation is 1. The minimum atomic E-state index is -0.179. The normalized spacial score (nSPS) is 23.1. The maximum Gasteiger partial charge on any atom is 0.251 e. The molecule has 0 radical (unpaired) electrons. The molecule has 122 valence electrons. The van der Waals surface area contributed by atoms with E-state index < -0.39 is 0 Å². The number of rotatable bonds is 5. The summed E-state index contributed by atoms with van der Waals surface area (Å²) in [5.41, 5.74) is 1.17. The second-order valence-electron chi connectivity index (χ2n) is 6.09. The first kappa shape index (κ1) is 15.9. The summed E-state index contributed by atoms with van der Waals surface area (Å²) in [7, 11) is 0. The Kier molecular flexibility index (Phi) is 5.44. The summed E-state index contributed by atoms with van der Waals surface area (Å²) >= 11 is 1.77. The molecule has 0 spiro atoms. The van der Waals surface area contributed by atoms with Gasteiger partial charge in [0.1, 0.15) is 6.10 Å². The Morgan fingerprint density at radius 1 is 1.41 bits per heavy atom. The highest BCUT2D eigenvalue weighted by molar-refractivity contribution is 7.09. The van der Waals surface area contributed by atoms with Crippen molar-refractivity contribution < 1.29 is 9.53 Å². The lowest BCUT2D eigenvalue weighted by Crippen LogP contribution is -2.51. The van der Waals surface area contributed by atoms with Gasteiger partial charge in [0.05, 0.1) is 10.7 Å². The van der Waals surface area contributed by atoms with Crippen molar-refractivity contribution in [3.63, 3.8) is 0 Å². The Morgan fingerprint density at radius 2 is 2.23 bits per heavy atom. The Balaban J connectivity index is 1.45. The average molecular weight is 323 g/mol. The van der Waals surface area contributed by atoms with Gasteiger partial charge in [-0.15, -0.1) is 11.3 Å². The summed E-state index contributed by atoms with van der Waals surface area (Å²) in [6.45, 7) is 7.31. The highest BCUT2D eigenvalue weighted by Gasteiger charge is 2.30. The second kappa shape index (κ2) is 7.53. The van der Waals surface area contributed by atoms with E-state index in [1.807, 2.05) is 4.90 Å². The molecule has 1 atom stereocenters. The quantitative estimate of drug-likeness (QED) is 0.830. The molecule has 0 aromatic carbocycles. The number of hydrogen-bond donors (Lipinski definition) is 0. The van der Waals surface area contributed by atoms with Crippen LogP contribution >= 0.6 is 11.3 Å². The zero-order valence-electron chi connectivity index (χ0n) is 13.3. The van der Waals surface area contributed by atoms with E-state index in [2.05, 4.69) is 22.2 Å². The molecule has 2 fully saturated rings. The molecule has 1 unspecified atom stereocenters. The minimum absolute atomic E-state index is 0.179. The lowest BCUT2D eigenvalue weighted by molar-refractivity contribution is -0.142. The van der Waals surface area contributed by atoms with Crippen LogP contribution in [0.25, 0.3) is 0 Å². The van der Waals surface area contributed by atoms with Gasteiger partial charge in [-0.3, -0.25) is 9.69 Å². The van der Waals surface area contributed by atoms with Crippen LogP contribution in [0.5, 0.6) is 0 Å². The molecule has 0 bridgehead atoms. The number of aromatic nitrogens is 1. The van der Waals surface area contributed by atoms with Crippen LogP contribution in [0.4, 0.5) is 0 Å². The summed E-state index contributed by atoms with van der Waals surface area (Å²) in [4.78, 5) is 21.4. The molecule has 1 aromatic rings. The van der Waals surface area contributed by atoms with E-state index in [9.17, 15) is 4.79 Å². The van der Waals surface area contributed by atoms with Gasteiger partial charge in [-0.2, -0.15) is 0 Å². The fourth-order valence-corrected chi connectivity index (χ4v) is 3.97. The lowest BCUT2D eigenvalue weighted by atomic mass is 10.2. The van der Waals surface area contributed by atoms with E-state index in [-0.39, 0.29) is 12.0 Å². The van der Waals surface area contributed by atoms with Gasteiger partial charge in [-0.05, 0) is 25.7 Å². The highest BCUT2D eigenvalue weighted by atomic mass is 32.1. The fraction of sp³-hybridized carbons (Fsp3) is 0.750. The van der Waals surface area contributed by atoms with Gasteiger partial charge in [0, 0.05) is 44.7 Å². The molecular weight excluding hydrogens is 298 g/mol. The van der Waals surface area contributed by atoms with Crippen LogP contribution in [-0.2, 0) is 22.5 Å². The third-order valence-electron chi connectivity index (χ3n) is 4.34. The monoisotopic (exact) mass is 323 g/mol. The largest absolute Gasteiger partial charge is 0.368 e. The molecule has 22 heavy (non-hydrogen) atoms. The van der Waals surface area contributed by atoms with Crippen LogP contribution < -0.4 is 0 Å². The van der Waals surface area contributed by atoms with E-state index in [4.69, 9.17) is 4.74 Å². The summed E-state index contributed by atoms with van der Waals surface area (Å²) in [5, 5.41) is 3.42. The number of carbonyl (C=O) groups excluding carboxylic acids is 1. The Morgan fingerprint density at radius 3 is 2.91 bits per heavy atom. The number of hydrogen-bond acceptors (Lipinski definition) is 5. The van der Waals surface area contributed by atoms with E-state index in [0.29, 0.717) is 0 Å². The summed E-state index contributed by atoms with van der Waals surface area (Å²) in [6, 6.07) is 0. The first-order valence-electron chi connectivity index (χ1n) is 8.32. The molecule has 3 rings (SSSR count). The van der Waals surface area contributed by atoms with Crippen molar-refractivity contribution in [3.8, 4) is 0 Å². The molecule has 3 heterocycles. The highest BCUT2D eigenvalue weighted by Crippen LogP contribution is 2.17. The first-order valence-corrected chi connectivity index (χ1v) is 9.20. The SMILES string of the molecule is CCCc1nc(CN2CCN(C(=O)C3CCCO3)CC2)cs1. The van der Waals surface area contributed by atoms with Crippen molar-refractivity contribution in [2.24, 2.45) is 0 Å². The van der Waals surface area contributed by atoms with Gasteiger partial charge >= 0.3 is 0 Å². The molecule has 0 saturated carbocycles. The molecule has 1 amide bonds. The van der Waals surface area contributed by atoms with Crippen molar-refractivity contribution >= 4 is 17.2 Å². The Hall–Kier alpha value is -0.980. The van der Waals surface area contributed by atoms with Gasteiger partial charge in [0.15, 0.2) is 0 Å². The third-order valence-corrected chi connectivity index (χ3v) is 5.30. The van der Waals surface area contributed by atoms with Crippen molar-refractivity contribution in [2.75, 3.05) is 32.8 Å². The smallest absolute Gasteiger partial charge is 0.251 e. The standard InChI is InChI=1S/C16H25N3O2S/c1-2-4-15-17-13(12-22-15)11-18-6-8-19(9-7-18)16(20)14-5-3-10-21-14/h12,14H,2-11H2,1H3.